The summed E-state index contributed by atoms with van der Waals surface area (Å²) in [7, 11) is 0. The fourth-order valence-electron chi connectivity index (χ4n) is 3.51. The second-order valence-corrected chi connectivity index (χ2v) is 8.30. The van der Waals surface area contributed by atoms with Gasteiger partial charge in [-0.15, -0.1) is 11.3 Å². The molecule has 2 aliphatic rings. The van der Waals surface area contributed by atoms with Crippen molar-refractivity contribution in [2.24, 2.45) is 0 Å². The fraction of sp³-hybridized carbons (Fsp3) is 0.421. The van der Waals surface area contributed by atoms with Crippen molar-refractivity contribution in [3.8, 4) is 10.7 Å². The summed E-state index contributed by atoms with van der Waals surface area (Å²) in [6, 6.07) is 4.15. The molecule has 1 N–H and O–H groups in total. The number of nitrogens with one attached hydrogen (secondary N) is 1. The number of fused-ring (bicyclic) bond motifs is 1. The minimum atomic E-state index is -0.240. The van der Waals surface area contributed by atoms with Gasteiger partial charge >= 0.3 is 6.09 Å². The van der Waals surface area contributed by atoms with Crippen LogP contribution in [0.15, 0.2) is 24.5 Å². The molecule has 0 spiro atoms. The van der Waals surface area contributed by atoms with Gasteiger partial charge in [0, 0.05) is 54.5 Å². The average molecular weight is 399 g/mol. The Kier molecular flexibility index (Phi) is 4.40. The van der Waals surface area contributed by atoms with Gasteiger partial charge in [0.15, 0.2) is 6.10 Å². The van der Waals surface area contributed by atoms with Gasteiger partial charge in [0.25, 0.3) is 0 Å². The summed E-state index contributed by atoms with van der Waals surface area (Å²) in [4.78, 5) is 29.8. The number of thiazole rings is 1. The van der Waals surface area contributed by atoms with Gasteiger partial charge in [0.1, 0.15) is 10.7 Å². The normalized spacial score (nSPS) is 17.8. The summed E-state index contributed by atoms with van der Waals surface area (Å²) in [5.74, 6) is 0. The quantitative estimate of drug-likeness (QED) is 0.729. The average Bonchev–Trinajstić information content (AvgIpc) is 3.30. The Morgan fingerprint density at radius 2 is 2.11 bits per heavy atom. The Labute approximate surface area is 166 Å². The van der Waals surface area contributed by atoms with E-state index in [1.54, 1.807) is 16.2 Å². The maximum absolute atomic E-state index is 12.2. The molecule has 0 aromatic carbocycles. The minimum absolute atomic E-state index is 0.0851. The molecular weight excluding hydrogens is 378 g/mol. The number of aromatic amines is 1. The Bertz CT molecular complexity index is 1000. The first-order valence-electron chi connectivity index (χ1n) is 9.36. The Hall–Kier alpha value is -2.65. The molecule has 146 valence electrons. The smallest absolute Gasteiger partial charge is 0.410 e. The molecule has 0 saturated carbocycles. The maximum Gasteiger partial charge on any atom is 0.410 e. The molecule has 3 aromatic heterocycles. The summed E-state index contributed by atoms with van der Waals surface area (Å²) < 4.78 is 10.5. The van der Waals surface area contributed by atoms with Gasteiger partial charge in [0.05, 0.1) is 18.9 Å². The molecule has 2 aliphatic heterocycles. The van der Waals surface area contributed by atoms with Gasteiger partial charge in [-0.25, -0.2) is 14.8 Å². The molecule has 0 atom stereocenters. The highest BCUT2D eigenvalue weighted by Gasteiger charge is 2.28. The number of piperazine rings is 1. The van der Waals surface area contributed by atoms with Crippen molar-refractivity contribution in [1.29, 1.82) is 0 Å². The Morgan fingerprint density at radius 3 is 2.79 bits per heavy atom. The zero-order valence-corrected chi connectivity index (χ0v) is 16.4. The molecule has 1 amide bonds. The van der Waals surface area contributed by atoms with Crippen molar-refractivity contribution in [3.05, 3.63) is 29.4 Å². The van der Waals surface area contributed by atoms with Gasteiger partial charge in [-0.3, -0.25) is 0 Å². The number of aryl methyl sites for hydroxylation is 1. The number of ether oxygens (including phenoxy) is 2. The highest BCUT2D eigenvalue weighted by molar-refractivity contribution is 7.14. The van der Waals surface area contributed by atoms with Crippen molar-refractivity contribution in [3.63, 3.8) is 0 Å². The highest BCUT2D eigenvalue weighted by atomic mass is 32.1. The first-order valence-corrected chi connectivity index (χ1v) is 10.2. The third kappa shape index (κ3) is 3.20. The van der Waals surface area contributed by atoms with E-state index in [4.69, 9.17) is 9.47 Å². The van der Waals surface area contributed by atoms with Crippen LogP contribution in [0.5, 0.6) is 0 Å². The third-order valence-corrected chi connectivity index (χ3v) is 6.06. The fourth-order valence-corrected chi connectivity index (χ4v) is 4.25. The summed E-state index contributed by atoms with van der Waals surface area (Å²) in [5.41, 5.74) is 2.96. The van der Waals surface area contributed by atoms with Crippen LogP contribution in [-0.2, 0) is 9.47 Å². The first kappa shape index (κ1) is 17.4. The van der Waals surface area contributed by atoms with Gasteiger partial charge in [-0.2, -0.15) is 0 Å². The van der Waals surface area contributed by atoms with Crippen molar-refractivity contribution in [1.82, 2.24) is 19.9 Å². The minimum Gasteiger partial charge on any atom is -0.441 e. The van der Waals surface area contributed by atoms with Crippen molar-refractivity contribution < 1.29 is 14.3 Å². The number of amides is 1. The molecule has 0 radical (unpaired) electrons. The van der Waals surface area contributed by atoms with E-state index in [2.05, 4.69) is 32.8 Å². The van der Waals surface area contributed by atoms with Gasteiger partial charge in [0.2, 0.25) is 0 Å². The number of hydrogen-bond acceptors (Lipinski definition) is 7. The van der Waals surface area contributed by atoms with E-state index in [1.165, 1.54) is 4.88 Å². The molecule has 0 bridgehead atoms. The molecular formula is C19H21N5O3S. The van der Waals surface area contributed by atoms with Crippen LogP contribution in [0.2, 0.25) is 0 Å². The van der Waals surface area contributed by atoms with Crippen LogP contribution in [0.4, 0.5) is 10.5 Å². The lowest BCUT2D eigenvalue weighted by molar-refractivity contribution is -0.104. The van der Waals surface area contributed by atoms with E-state index in [1.807, 2.05) is 18.5 Å². The van der Waals surface area contributed by atoms with Crippen LogP contribution in [0, 0.1) is 6.92 Å². The first-order chi connectivity index (χ1) is 13.7. The van der Waals surface area contributed by atoms with Crippen LogP contribution >= 0.6 is 11.3 Å². The van der Waals surface area contributed by atoms with E-state index in [9.17, 15) is 4.79 Å². The number of carbonyl (C=O) groups is 1. The lowest BCUT2D eigenvalue weighted by atomic mass is 10.2. The summed E-state index contributed by atoms with van der Waals surface area (Å²) in [6.07, 6.45) is 3.38. The lowest BCUT2D eigenvalue weighted by Gasteiger charge is -2.37. The SMILES string of the molecule is Cc1cnc(-c2cc3c(N4CCN(C(=O)OC5COC5)CC4)ccnc3[nH]2)s1. The van der Waals surface area contributed by atoms with Crippen LogP contribution < -0.4 is 4.90 Å². The topological polar surface area (TPSA) is 83.6 Å². The number of pyridine rings is 1. The third-order valence-electron chi connectivity index (χ3n) is 5.11. The molecule has 3 aromatic rings. The van der Waals surface area contributed by atoms with Crippen LogP contribution in [0.3, 0.4) is 0 Å². The number of hydrogen-bond donors (Lipinski definition) is 1. The van der Waals surface area contributed by atoms with E-state index in [0.29, 0.717) is 26.3 Å². The number of rotatable bonds is 3. The zero-order chi connectivity index (χ0) is 19.1. The number of aromatic nitrogens is 3. The molecule has 5 heterocycles. The second kappa shape index (κ2) is 7.06. The van der Waals surface area contributed by atoms with Gasteiger partial charge < -0.3 is 24.3 Å². The predicted octanol–water partition coefficient (Wildman–Crippen LogP) is 2.65. The largest absolute Gasteiger partial charge is 0.441 e. The van der Waals surface area contributed by atoms with Crippen molar-refractivity contribution >= 4 is 34.2 Å². The van der Waals surface area contributed by atoms with E-state index >= 15 is 0 Å². The molecule has 2 fully saturated rings. The van der Waals surface area contributed by atoms with Crippen molar-refractivity contribution in [2.75, 3.05) is 44.3 Å². The lowest BCUT2D eigenvalue weighted by Crippen LogP contribution is -2.51. The van der Waals surface area contributed by atoms with E-state index < -0.39 is 0 Å². The highest BCUT2D eigenvalue weighted by Crippen LogP contribution is 2.32. The summed E-state index contributed by atoms with van der Waals surface area (Å²) >= 11 is 1.66. The summed E-state index contributed by atoms with van der Waals surface area (Å²) in [6.45, 7) is 5.86. The monoisotopic (exact) mass is 399 g/mol. The molecule has 9 heteroatoms. The maximum atomic E-state index is 12.2. The van der Waals surface area contributed by atoms with Crippen LogP contribution in [0.25, 0.3) is 21.7 Å². The number of anilines is 1. The molecule has 28 heavy (non-hydrogen) atoms. The molecule has 0 unspecified atom stereocenters. The molecule has 2 saturated heterocycles. The molecule has 8 nitrogen and oxygen atoms in total. The van der Waals surface area contributed by atoms with Gasteiger partial charge in [-0.05, 0) is 19.1 Å². The molecule has 0 aliphatic carbocycles. The van der Waals surface area contributed by atoms with Crippen LogP contribution in [0.1, 0.15) is 4.88 Å². The number of carbonyl (C=O) groups excluding carboxylic acids is 1. The standard InChI is InChI=1S/C19H21N5O3S/c1-12-9-21-18(28-12)15-8-14-16(2-3-20-17(14)22-15)23-4-6-24(7-5-23)19(25)27-13-10-26-11-13/h2-3,8-9,13H,4-7,10-11H2,1H3,(H,20,22). The van der Waals surface area contributed by atoms with E-state index in [-0.39, 0.29) is 12.2 Å². The molecule has 5 rings (SSSR count). The van der Waals surface area contributed by atoms with Crippen molar-refractivity contribution in [2.45, 2.75) is 13.0 Å². The second-order valence-electron chi connectivity index (χ2n) is 7.07. The van der Waals surface area contributed by atoms with Gasteiger partial charge in [-0.1, -0.05) is 0 Å². The zero-order valence-electron chi connectivity index (χ0n) is 15.6. The number of H-pyrrole nitrogens is 1. The summed E-state index contributed by atoms with van der Waals surface area (Å²) in [5, 5.41) is 2.04. The Balaban J connectivity index is 1.32. The van der Waals surface area contributed by atoms with Crippen LogP contribution in [-0.4, -0.2) is 71.4 Å². The predicted molar refractivity (Wildman–Crippen MR) is 107 cm³/mol. The van der Waals surface area contributed by atoms with E-state index in [0.717, 1.165) is 40.5 Å². The number of nitrogens with zero attached hydrogens (tertiary/aromatic N) is 4. The Morgan fingerprint density at radius 1 is 1.29 bits per heavy atom.